The Hall–Kier alpha value is -3.80. The smallest absolute Gasteiger partial charge is 0.256 e. The Morgan fingerprint density at radius 3 is 2.63 bits per heavy atom. The molecule has 5 rings (SSSR count). The summed E-state index contributed by atoms with van der Waals surface area (Å²) in [4.78, 5) is 32.0. The molecule has 0 aliphatic carbocycles. The maximum Gasteiger partial charge on any atom is 0.256 e. The third kappa shape index (κ3) is 3.16. The van der Waals surface area contributed by atoms with E-state index in [1.165, 1.54) is 16.7 Å². The highest BCUT2D eigenvalue weighted by Gasteiger charge is 2.24. The van der Waals surface area contributed by atoms with Crippen molar-refractivity contribution in [2.45, 2.75) is 13.0 Å². The number of hydrogen-bond acceptors (Lipinski definition) is 3. The second-order valence-electron chi connectivity index (χ2n) is 7.37. The van der Waals surface area contributed by atoms with Gasteiger partial charge in [0, 0.05) is 42.6 Å². The molecule has 4 aromatic rings. The summed E-state index contributed by atoms with van der Waals surface area (Å²) in [5, 5.41) is 0.922. The standard InChI is InChI=1S/C24H18FN3O2/c25-19-6-8-20(9-7-19)28-15-18-14-27(12-10-17(18)13-22(28)29)24(30)21-5-1-3-16-4-2-11-26-23(16)21/h1-9,11,13,15H,10,12,14H2. The summed E-state index contributed by atoms with van der Waals surface area (Å²) in [6, 6.07) is 16.8. The Balaban J connectivity index is 1.50. The number of aromatic nitrogens is 2. The van der Waals surface area contributed by atoms with Gasteiger partial charge in [-0.05, 0) is 53.9 Å². The molecule has 0 saturated heterocycles. The monoisotopic (exact) mass is 399 g/mol. The minimum absolute atomic E-state index is 0.0792. The summed E-state index contributed by atoms with van der Waals surface area (Å²) in [6.07, 6.45) is 4.05. The normalized spacial score (nSPS) is 13.3. The van der Waals surface area contributed by atoms with E-state index in [2.05, 4.69) is 4.98 Å². The second kappa shape index (κ2) is 7.22. The van der Waals surface area contributed by atoms with Crippen LogP contribution in [0.15, 0.2) is 77.9 Å². The van der Waals surface area contributed by atoms with E-state index in [9.17, 15) is 14.0 Å². The molecule has 0 atom stereocenters. The molecule has 0 N–H and O–H groups in total. The van der Waals surface area contributed by atoms with Crippen molar-refractivity contribution >= 4 is 16.8 Å². The van der Waals surface area contributed by atoms with Gasteiger partial charge in [-0.25, -0.2) is 4.39 Å². The molecule has 0 unspecified atom stereocenters. The van der Waals surface area contributed by atoms with E-state index >= 15 is 0 Å². The number of rotatable bonds is 2. The fourth-order valence-electron chi connectivity index (χ4n) is 3.95. The zero-order valence-corrected chi connectivity index (χ0v) is 16.1. The number of carbonyl (C=O) groups is 1. The molecule has 1 amide bonds. The average molecular weight is 399 g/mol. The lowest BCUT2D eigenvalue weighted by Crippen LogP contribution is -2.37. The summed E-state index contributed by atoms with van der Waals surface area (Å²) < 4.78 is 14.7. The minimum Gasteiger partial charge on any atom is -0.334 e. The van der Waals surface area contributed by atoms with E-state index in [-0.39, 0.29) is 17.3 Å². The SMILES string of the molecule is O=C(c1cccc2cccnc12)N1CCc2cc(=O)n(-c3ccc(F)cc3)cc2C1. The molecule has 3 heterocycles. The van der Waals surface area contributed by atoms with Crippen LogP contribution in [0.2, 0.25) is 0 Å². The van der Waals surface area contributed by atoms with Gasteiger partial charge in [0.2, 0.25) is 0 Å². The highest BCUT2D eigenvalue weighted by atomic mass is 19.1. The molecule has 1 aliphatic rings. The van der Waals surface area contributed by atoms with Gasteiger partial charge in [0.05, 0.1) is 11.1 Å². The molecule has 0 radical (unpaired) electrons. The number of halogens is 1. The number of amides is 1. The Morgan fingerprint density at radius 1 is 1.00 bits per heavy atom. The number of para-hydroxylation sites is 1. The second-order valence-corrected chi connectivity index (χ2v) is 7.37. The first kappa shape index (κ1) is 18.2. The van der Waals surface area contributed by atoms with E-state index < -0.39 is 0 Å². The Bertz CT molecular complexity index is 1320. The van der Waals surface area contributed by atoms with Gasteiger partial charge in [0.25, 0.3) is 11.5 Å². The van der Waals surface area contributed by atoms with E-state index in [0.29, 0.717) is 36.3 Å². The Kier molecular flexibility index (Phi) is 4.39. The van der Waals surface area contributed by atoms with E-state index in [4.69, 9.17) is 0 Å². The summed E-state index contributed by atoms with van der Waals surface area (Å²) in [6.45, 7) is 0.938. The maximum atomic E-state index is 13.3. The fraction of sp³-hybridized carbons (Fsp3) is 0.125. The van der Waals surface area contributed by atoms with E-state index in [1.54, 1.807) is 41.6 Å². The molecule has 0 spiro atoms. The number of nitrogens with zero attached hydrogens (tertiary/aromatic N) is 3. The molecule has 0 bridgehead atoms. The van der Waals surface area contributed by atoms with Crippen LogP contribution in [-0.2, 0) is 13.0 Å². The van der Waals surface area contributed by atoms with Gasteiger partial charge in [-0.1, -0.05) is 18.2 Å². The first-order valence-electron chi connectivity index (χ1n) is 9.73. The minimum atomic E-state index is -0.356. The Labute approximate surface area is 172 Å². The number of benzene rings is 2. The molecular weight excluding hydrogens is 381 g/mol. The van der Waals surface area contributed by atoms with Crippen LogP contribution in [-0.4, -0.2) is 26.9 Å². The van der Waals surface area contributed by atoms with Crippen molar-refractivity contribution in [1.29, 1.82) is 0 Å². The average Bonchev–Trinajstić information content (AvgIpc) is 2.78. The fourth-order valence-corrected chi connectivity index (χ4v) is 3.95. The van der Waals surface area contributed by atoms with Crippen LogP contribution in [0.1, 0.15) is 21.5 Å². The van der Waals surface area contributed by atoms with Crippen molar-refractivity contribution < 1.29 is 9.18 Å². The molecule has 30 heavy (non-hydrogen) atoms. The van der Waals surface area contributed by atoms with Crippen LogP contribution in [0, 0.1) is 5.82 Å². The Morgan fingerprint density at radius 2 is 1.80 bits per heavy atom. The molecule has 6 heteroatoms. The highest BCUT2D eigenvalue weighted by molar-refractivity contribution is 6.05. The summed E-state index contributed by atoms with van der Waals surface area (Å²) in [5.74, 6) is -0.435. The molecule has 2 aromatic carbocycles. The summed E-state index contributed by atoms with van der Waals surface area (Å²) in [7, 11) is 0. The van der Waals surface area contributed by atoms with Gasteiger partial charge in [-0.15, -0.1) is 0 Å². The lowest BCUT2D eigenvalue weighted by Gasteiger charge is -2.29. The van der Waals surface area contributed by atoms with Crippen molar-refractivity contribution in [2.75, 3.05) is 6.54 Å². The first-order chi connectivity index (χ1) is 14.6. The van der Waals surface area contributed by atoms with Crippen LogP contribution in [0.4, 0.5) is 4.39 Å². The first-order valence-corrected chi connectivity index (χ1v) is 9.73. The predicted molar refractivity (Wildman–Crippen MR) is 112 cm³/mol. The third-order valence-corrected chi connectivity index (χ3v) is 5.50. The van der Waals surface area contributed by atoms with E-state index in [0.717, 1.165) is 16.5 Å². The van der Waals surface area contributed by atoms with Crippen LogP contribution < -0.4 is 5.56 Å². The molecule has 1 aliphatic heterocycles. The maximum absolute atomic E-state index is 13.3. The number of fused-ring (bicyclic) bond motifs is 2. The van der Waals surface area contributed by atoms with Crippen molar-refractivity contribution in [2.24, 2.45) is 0 Å². The van der Waals surface area contributed by atoms with Gasteiger partial charge in [0.15, 0.2) is 0 Å². The lowest BCUT2D eigenvalue weighted by atomic mass is 10.0. The number of hydrogen-bond donors (Lipinski definition) is 0. The molecular formula is C24H18FN3O2. The van der Waals surface area contributed by atoms with Crippen molar-refractivity contribution in [3.05, 3.63) is 106 Å². The van der Waals surface area contributed by atoms with Crippen LogP contribution in [0.3, 0.4) is 0 Å². The summed E-state index contributed by atoms with van der Waals surface area (Å²) in [5.41, 5.74) is 3.53. The molecule has 2 aromatic heterocycles. The summed E-state index contributed by atoms with van der Waals surface area (Å²) >= 11 is 0. The molecule has 0 saturated carbocycles. The van der Waals surface area contributed by atoms with Crippen LogP contribution in [0.5, 0.6) is 0 Å². The van der Waals surface area contributed by atoms with Gasteiger partial charge in [-0.3, -0.25) is 19.1 Å². The van der Waals surface area contributed by atoms with Gasteiger partial charge in [-0.2, -0.15) is 0 Å². The quantitative estimate of drug-likeness (QED) is 0.516. The largest absolute Gasteiger partial charge is 0.334 e. The van der Waals surface area contributed by atoms with Crippen LogP contribution in [0.25, 0.3) is 16.6 Å². The number of pyridine rings is 2. The van der Waals surface area contributed by atoms with Gasteiger partial charge < -0.3 is 4.90 Å². The third-order valence-electron chi connectivity index (χ3n) is 5.50. The number of carbonyl (C=O) groups excluding carboxylic acids is 1. The van der Waals surface area contributed by atoms with Gasteiger partial charge in [0.1, 0.15) is 5.82 Å². The zero-order valence-electron chi connectivity index (χ0n) is 16.1. The zero-order chi connectivity index (χ0) is 20.7. The molecule has 0 fully saturated rings. The van der Waals surface area contributed by atoms with E-state index in [1.807, 2.05) is 24.3 Å². The van der Waals surface area contributed by atoms with Gasteiger partial charge >= 0.3 is 0 Å². The predicted octanol–water partition coefficient (Wildman–Crippen LogP) is 3.72. The molecule has 148 valence electrons. The van der Waals surface area contributed by atoms with Crippen molar-refractivity contribution in [1.82, 2.24) is 14.5 Å². The van der Waals surface area contributed by atoms with Crippen molar-refractivity contribution in [3.8, 4) is 5.69 Å². The lowest BCUT2D eigenvalue weighted by molar-refractivity contribution is 0.0736. The highest BCUT2D eigenvalue weighted by Crippen LogP contribution is 2.23. The van der Waals surface area contributed by atoms with Crippen molar-refractivity contribution in [3.63, 3.8) is 0 Å². The molecule has 5 nitrogen and oxygen atoms in total. The topological polar surface area (TPSA) is 55.2 Å². The van der Waals surface area contributed by atoms with Crippen LogP contribution >= 0.6 is 0 Å².